The molecule has 0 saturated heterocycles. The van der Waals surface area contributed by atoms with E-state index in [0.29, 0.717) is 0 Å². The van der Waals surface area contributed by atoms with Gasteiger partial charge in [0.1, 0.15) is 0 Å². The van der Waals surface area contributed by atoms with Gasteiger partial charge in [-0.25, -0.2) is 0 Å². The summed E-state index contributed by atoms with van der Waals surface area (Å²) in [6.45, 7) is 0. The Hall–Kier alpha value is -2.65. The third-order valence-electron chi connectivity index (χ3n) is 5.27. The van der Waals surface area contributed by atoms with Crippen molar-refractivity contribution in [3.8, 4) is 11.8 Å². The second-order valence-corrected chi connectivity index (χ2v) is 15.9. The molecule has 0 unspecified atom stereocenters. The number of rotatable bonds is 4. The molecule has 0 nitrogen and oxygen atoms in total. The van der Waals surface area contributed by atoms with Crippen molar-refractivity contribution in [2.45, 2.75) is 0 Å². The van der Waals surface area contributed by atoms with Crippen molar-refractivity contribution in [2.24, 2.45) is 0 Å². The van der Waals surface area contributed by atoms with E-state index in [2.05, 4.69) is 130 Å². The van der Waals surface area contributed by atoms with E-state index in [1.165, 1.54) is 15.9 Å². The molecule has 0 heterocycles. The first-order valence-electron chi connectivity index (χ1n) is 9.65. The van der Waals surface area contributed by atoms with E-state index in [0.717, 1.165) is 11.7 Å². The Morgan fingerprint density at radius 3 is 1.24 bits per heavy atom. The van der Waals surface area contributed by atoms with Gasteiger partial charge in [-0.15, -0.1) is 0 Å². The molecule has 0 saturated carbocycles. The second-order valence-electron chi connectivity index (χ2n) is 7.02. The van der Waals surface area contributed by atoms with Crippen LogP contribution in [0.2, 0.25) is 0 Å². The molecule has 4 rings (SSSR count). The van der Waals surface area contributed by atoms with Gasteiger partial charge in [0.05, 0.1) is 0 Å². The molecule has 0 fully saturated rings. The van der Waals surface area contributed by atoms with Crippen molar-refractivity contribution in [2.75, 3.05) is 6.16 Å². The Labute approximate surface area is 181 Å². The molecule has 0 radical (unpaired) electrons. The molecule has 0 spiro atoms. The topological polar surface area (TPSA) is 0 Å². The van der Waals surface area contributed by atoms with Crippen LogP contribution in [0.15, 0.2) is 121 Å². The van der Waals surface area contributed by atoms with Gasteiger partial charge in [-0.3, -0.25) is 0 Å². The zero-order valence-corrected chi connectivity index (χ0v) is 18.6. The molecular formula is C27H22BrP. The third kappa shape index (κ3) is 3.67. The summed E-state index contributed by atoms with van der Waals surface area (Å²) in [5, 5.41) is 0.918. The summed E-state index contributed by atoms with van der Waals surface area (Å²) in [5.74, 6) is 6.93. The fourth-order valence-corrected chi connectivity index (χ4v) is 10.5. The van der Waals surface area contributed by atoms with E-state index < -0.39 is 5.31 Å². The van der Waals surface area contributed by atoms with Crippen LogP contribution in [-0.2, 0) is 0 Å². The van der Waals surface area contributed by atoms with E-state index in [1.807, 2.05) is 18.2 Å². The van der Waals surface area contributed by atoms with Crippen LogP contribution in [0.1, 0.15) is 5.56 Å². The van der Waals surface area contributed by atoms with E-state index in [-0.39, 0.29) is 0 Å². The van der Waals surface area contributed by atoms with Crippen LogP contribution in [-0.4, -0.2) is 6.16 Å². The molecular weight excluding hydrogens is 435 g/mol. The van der Waals surface area contributed by atoms with Gasteiger partial charge in [0, 0.05) is 0 Å². The quantitative estimate of drug-likeness (QED) is 0.265. The second kappa shape index (κ2) is 8.38. The summed E-state index contributed by atoms with van der Waals surface area (Å²) in [5.41, 5.74) is 1.04. The number of hydrogen-bond acceptors (Lipinski definition) is 0. The minimum atomic E-state index is -2.95. The molecule has 2 heteroatoms. The number of benzene rings is 4. The van der Waals surface area contributed by atoms with Gasteiger partial charge in [0.15, 0.2) is 0 Å². The van der Waals surface area contributed by atoms with E-state index in [9.17, 15) is 0 Å². The fourth-order valence-electron chi connectivity index (χ4n) is 3.75. The Morgan fingerprint density at radius 2 is 0.862 bits per heavy atom. The van der Waals surface area contributed by atoms with Crippen LogP contribution >= 0.6 is 20.8 Å². The van der Waals surface area contributed by atoms with Gasteiger partial charge < -0.3 is 0 Å². The van der Waals surface area contributed by atoms with Crippen LogP contribution in [0.4, 0.5) is 0 Å². The summed E-state index contributed by atoms with van der Waals surface area (Å²) >= 11 is 4.42. The van der Waals surface area contributed by atoms with Crippen molar-refractivity contribution < 1.29 is 0 Å². The first-order chi connectivity index (χ1) is 14.2. The molecule has 0 aliphatic carbocycles. The van der Waals surface area contributed by atoms with Crippen LogP contribution < -0.4 is 15.9 Å². The van der Waals surface area contributed by atoms with Gasteiger partial charge >= 0.3 is 182 Å². The predicted octanol–water partition coefficient (Wildman–Crippen LogP) is 5.88. The maximum atomic E-state index is 4.42. The van der Waals surface area contributed by atoms with E-state index >= 15 is 0 Å². The summed E-state index contributed by atoms with van der Waals surface area (Å²) in [7, 11) is 0. The van der Waals surface area contributed by atoms with Gasteiger partial charge in [-0.05, 0) is 0 Å². The van der Waals surface area contributed by atoms with E-state index in [4.69, 9.17) is 0 Å². The molecule has 4 aromatic rings. The third-order valence-corrected chi connectivity index (χ3v) is 14.6. The standard InChI is InChI=1S/C27H22BrP/c28-29(25-17-7-2-8-18-25,26-19-9-3-10-20-26,27-21-11-4-12-22-27)23-13-16-24-14-5-1-6-15-24/h1-12,14-15,17-22H,23H2. The summed E-state index contributed by atoms with van der Waals surface area (Å²) < 4.78 is 0. The summed E-state index contributed by atoms with van der Waals surface area (Å²) in [6.07, 6.45) is 0.721. The fraction of sp³-hybridized carbons (Fsp3) is 0.0370. The molecule has 0 amide bonds. The van der Waals surface area contributed by atoms with Crippen molar-refractivity contribution >= 4 is 36.7 Å². The number of hydrogen-bond donors (Lipinski definition) is 0. The predicted molar refractivity (Wildman–Crippen MR) is 132 cm³/mol. The molecule has 0 aliphatic heterocycles. The Bertz CT molecular complexity index is 1030. The molecule has 0 atom stereocenters. The molecule has 0 bridgehead atoms. The molecule has 29 heavy (non-hydrogen) atoms. The zero-order chi connectivity index (χ0) is 20.0. The van der Waals surface area contributed by atoms with Gasteiger partial charge in [0.2, 0.25) is 0 Å². The molecule has 4 aromatic carbocycles. The van der Waals surface area contributed by atoms with Crippen LogP contribution in [0.5, 0.6) is 0 Å². The van der Waals surface area contributed by atoms with Crippen LogP contribution in [0.3, 0.4) is 0 Å². The Balaban J connectivity index is 1.98. The van der Waals surface area contributed by atoms with Crippen molar-refractivity contribution in [3.05, 3.63) is 127 Å². The Morgan fingerprint density at radius 1 is 0.517 bits per heavy atom. The normalized spacial score (nSPS) is 12.2. The first kappa shape index (κ1) is 19.7. The molecule has 0 aliphatic rings. The first-order valence-corrected chi connectivity index (χ1v) is 14.1. The van der Waals surface area contributed by atoms with Crippen molar-refractivity contribution in [3.63, 3.8) is 0 Å². The summed E-state index contributed by atoms with van der Waals surface area (Å²) in [4.78, 5) is 0. The van der Waals surface area contributed by atoms with Gasteiger partial charge in [0.25, 0.3) is 0 Å². The summed E-state index contributed by atoms with van der Waals surface area (Å²) in [6, 6.07) is 42.5. The van der Waals surface area contributed by atoms with Crippen LogP contribution in [0.25, 0.3) is 0 Å². The Kier molecular flexibility index (Phi) is 5.68. The average molecular weight is 457 g/mol. The number of halogens is 1. The zero-order valence-electron chi connectivity index (χ0n) is 16.1. The SMILES string of the molecule is BrP(CC#Cc1ccccc1)(c1ccccc1)(c1ccccc1)c1ccccc1. The van der Waals surface area contributed by atoms with Gasteiger partial charge in [-0.1, -0.05) is 0 Å². The molecule has 0 N–H and O–H groups in total. The monoisotopic (exact) mass is 456 g/mol. The maximum absolute atomic E-state index is 4.42. The molecule has 142 valence electrons. The van der Waals surface area contributed by atoms with Crippen molar-refractivity contribution in [1.29, 1.82) is 0 Å². The van der Waals surface area contributed by atoms with Crippen molar-refractivity contribution in [1.82, 2.24) is 0 Å². The van der Waals surface area contributed by atoms with Gasteiger partial charge in [-0.2, -0.15) is 0 Å². The minimum absolute atomic E-state index is 0.721. The average Bonchev–Trinajstić information content (AvgIpc) is 2.81. The van der Waals surface area contributed by atoms with E-state index in [1.54, 1.807) is 0 Å². The van der Waals surface area contributed by atoms with Crippen LogP contribution in [0, 0.1) is 11.8 Å². The molecule has 0 aromatic heterocycles.